The Balaban J connectivity index is 2.38. The molecule has 112 valence electrons. The van der Waals surface area contributed by atoms with Gasteiger partial charge >= 0.3 is 5.97 Å². The molecule has 0 saturated heterocycles. The lowest BCUT2D eigenvalue weighted by molar-refractivity contribution is 0.0696. The molecule has 0 spiro atoms. The first-order chi connectivity index (χ1) is 9.47. The first-order valence-electron chi connectivity index (χ1n) is 6.99. The Bertz CT molecular complexity index is 494. The molecule has 0 amide bonds. The van der Waals surface area contributed by atoms with E-state index in [1.165, 1.54) is 12.8 Å². The highest BCUT2D eigenvalue weighted by molar-refractivity contribution is 5.95. The summed E-state index contributed by atoms with van der Waals surface area (Å²) in [7, 11) is 3.46. The Morgan fingerprint density at radius 3 is 2.75 bits per heavy atom. The van der Waals surface area contributed by atoms with Gasteiger partial charge in [0.1, 0.15) is 11.4 Å². The Hall–Kier alpha value is -1.56. The Kier molecular flexibility index (Phi) is 4.32. The molecule has 6 nitrogen and oxygen atoms in total. The third-order valence-corrected chi connectivity index (χ3v) is 4.01. The second kappa shape index (κ2) is 5.83. The van der Waals surface area contributed by atoms with Crippen LogP contribution in [0.2, 0.25) is 0 Å². The maximum absolute atomic E-state index is 11.5. The van der Waals surface area contributed by atoms with E-state index in [9.17, 15) is 9.90 Å². The van der Waals surface area contributed by atoms with Gasteiger partial charge < -0.3 is 14.7 Å². The first kappa shape index (κ1) is 14.8. The standard InChI is InChI=1S/C14H23N3O3/c1-9-12(14(18)19)13(16(3)15-9)17(7-8-20-4)10(2)11-5-6-11/h10-11H,5-8H2,1-4H3,(H,18,19). The van der Waals surface area contributed by atoms with E-state index in [0.717, 1.165) is 0 Å². The fourth-order valence-corrected chi connectivity index (χ4v) is 2.75. The molecule has 0 radical (unpaired) electrons. The highest BCUT2D eigenvalue weighted by Crippen LogP contribution is 2.38. The third-order valence-electron chi connectivity index (χ3n) is 4.01. The maximum Gasteiger partial charge on any atom is 0.341 e. The molecular weight excluding hydrogens is 258 g/mol. The Morgan fingerprint density at radius 1 is 1.60 bits per heavy atom. The molecule has 1 unspecified atom stereocenters. The zero-order valence-electron chi connectivity index (χ0n) is 12.6. The van der Waals surface area contributed by atoms with Crippen LogP contribution < -0.4 is 4.90 Å². The Labute approximate surface area is 119 Å². The minimum atomic E-state index is -0.920. The number of hydrogen-bond donors (Lipinski definition) is 1. The molecule has 1 aliphatic carbocycles. The van der Waals surface area contributed by atoms with Crippen LogP contribution >= 0.6 is 0 Å². The van der Waals surface area contributed by atoms with Gasteiger partial charge in [-0.05, 0) is 32.6 Å². The van der Waals surface area contributed by atoms with E-state index in [1.54, 1.807) is 25.8 Å². The van der Waals surface area contributed by atoms with Crippen LogP contribution in [0.3, 0.4) is 0 Å². The minimum Gasteiger partial charge on any atom is -0.477 e. The fourth-order valence-electron chi connectivity index (χ4n) is 2.75. The van der Waals surface area contributed by atoms with E-state index < -0.39 is 5.97 Å². The normalized spacial score (nSPS) is 16.2. The molecule has 1 fully saturated rings. The molecule has 1 aliphatic rings. The average molecular weight is 281 g/mol. The molecule has 0 aromatic carbocycles. The van der Waals surface area contributed by atoms with Gasteiger partial charge in [0.15, 0.2) is 0 Å². The smallest absolute Gasteiger partial charge is 0.341 e. The lowest BCUT2D eigenvalue weighted by atomic mass is 10.1. The number of carboxylic acids is 1. The first-order valence-corrected chi connectivity index (χ1v) is 6.99. The maximum atomic E-state index is 11.5. The molecule has 20 heavy (non-hydrogen) atoms. The number of nitrogens with zero attached hydrogens (tertiary/aromatic N) is 3. The number of anilines is 1. The van der Waals surface area contributed by atoms with Gasteiger partial charge in [-0.15, -0.1) is 0 Å². The summed E-state index contributed by atoms with van der Waals surface area (Å²) >= 11 is 0. The van der Waals surface area contributed by atoms with Crippen molar-refractivity contribution in [1.82, 2.24) is 9.78 Å². The fraction of sp³-hybridized carbons (Fsp3) is 0.714. The van der Waals surface area contributed by atoms with Crippen LogP contribution in [0.25, 0.3) is 0 Å². The second-order valence-electron chi connectivity index (χ2n) is 5.48. The van der Waals surface area contributed by atoms with Crippen LogP contribution in [-0.4, -0.2) is 47.2 Å². The van der Waals surface area contributed by atoms with Crippen molar-refractivity contribution in [2.24, 2.45) is 13.0 Å². The molecular formula is C14H23N3O3. The van der Waals surface area contributed by atoms with Gasteiger partial charge in [0, 0.05) is 26.7 Å². The summed E-state index contributed by atoms with van der Waals surface area (Å²) in [4.78, 5) is 13.7. The van der Waals surface area contributed by atoms with Gasteiger partial charge in [-0.1, -0.05) is 0 Å². The van der Waals surface area contributed by atoms with Crippen LogP contribution in [0, 0.1) is 12.8 Å². The lowest BCUT2D eigenvalue weighted by Gasteiger charge is -2.31. The monoisotopic (exact) mass is 281 g/mol. The van der Waals surface area contributed by atoms with Crippen LogP contribution in [-0.2, 0) is 11.8 Å². The van der Waals surface area contributed by atoms with E-state index in [-0.39, 0.29) is 0 Å². The van der Waals surface area contributed by atoms with Crippen LogP contribution in [0.15, 0.2) is 0 Å². The molecule has 1 saturated carbocycles. The van der Waals surface area contributed by atoms with Crippen molar-refractivity contribution in [3.63, 3.8) is 0 Å². The number of aromatic carboxylic acids is 1. The summed E-state index contributed by atoms with van der Waals surface area (Å²) in [6.45, 7) is 5.14. The van der Waals surface area contributed by atoms with Crippen molar-refractivity contribution in [1.29, 1.82) is 0 Å². The van der Waals surface area contributed by atoms with Gasteiger partial charge in [0.2, 0.25) is 0 Å². The quantitative estimate of drug-likeness (QED) is 0.823. The van der Waals surface area contributed by atoms with Crippen molar-refractivity contribution in [3.05, 3.63) is 11.3 Å². The number of ether oxygens (including phenoxy) is 1. The molecule has 6 heteroatoms. The molecule has 1 atom stereocenters. The van der Waals surface area contributed by atoms with E-state index in [1.807, 2.05) is 0 Å². The number of carbonyl (C=O) groups is 1. The zero-order valence-corrected chi connectivity index (χ0v) is 12.6. The molecule has 2 rings (SSSR count). The topological polar surface area (TPSA) is 67.6 Å². The molecule has 0 bridgehead atoms. The minimum absolute atomic E-state index is 0.302. The van der Waals surface area contributed by atoms with E-state index in [4.69, 9.17) is 4.74 Å². The van der Waals surface area contributed by atoms with Crippen molar-refractivity contribution in [3.8, 4) is 0 Å². The molecule has 1 heterocycles. The van der Waals surface area contributed by atoms with Crippen molar-refractivity contribution >= 4 is 11.8 Å². The van der Waals surface area contributed by atoms with Crippen LogP contribution in [0.4, 0.5) is 5.82 Å². The SMILES string of the molecule is COCCN(c1c(C(=O)O)c(C)nn1C)C(C)C1CC1. The van der Waals surface area contributed by atoms with E-state index in [2.05, 4.69) is 16.9 Å². The van der Waals surface area contributed by atoms with Gasteiger partial charge in [-0.25, -0.2) is 4.79 Å². The summed E-state index contributed by atoms with van der Waals surface area (Å²) in [5.41, 5.74) is 0.858. The summed E-state index contributed by atoms with van der Waals surface area (Å²) in [5.74, 6) is 0.408. The third kappa shape index (κ3) is 2.80. The number of aromatic nitrogens is 2. The van der Waals surface area contributed by atoms with Crippen molar-refractivity contribution in [2.75, 3.05) is 25.2 Å². The Morgan fingerprint density at radius 2 is 2.25 bits per heavy atom. The molecule has 1 aromatic rings. The molecule has 0 aliphatic heterocycles. The summed E-state index contributed by atoms with van der Waals surface area (Å²) in [6.07, 6.45) is 2.42. The number of rotatable bonds is 7. The van der Waals surface area contributed by atoms with Gasteiger partial charge in [0.05, 0.1) is 12.3 Å². The number of carboxylic acid groups (broad SMARTS) is 1. The lowest BCUT2D eigenvalue weighted by Crippen LogP contribution is -2.39. The average Bonchev–Trinajstić information content (AvgIpc) is 3.16. The highest BCUT2D eigenvalue weighted by atomic mass is 16.5. The van der Waals surface area contributed by atoms with Gasteiger partial charge in [-0.3, -0.25) is 4.68 Å². The van der Waals surface area contributed by atoms with Crippen LogP contribution in [0.1, 0.15) is 35.8 Å². The van der Waals surface area contributed by atoms with E-state index in [0.29, 0.717) is 42.2 Å². The predicted molar refractivity (Wildman–Crippen MR) is 76.3 cm³/mol. The summed E-state index contributed by atoms with van der Waals surface area (Å²) in [6, 6.07) is 0.304. The highest BCUT2D eigenvalue weighted by Gasteiger charge is 2.35. The summed E-state index contributed by atoms with van der Waals surface area (Å²) < 4.78 is 6.85. The molecule has 1 N–H and O–H groups in total. The van der Waals surface area contributed by atoms with Crippen LogP contribution in [0.5, 0.6) is 0 Å². The second-order valence-corrected chi connectivity index (χ2v) is 5.48. The largest absolute Gasteiger partial charge is 0.477 e. The van der Waals surface area contributed by atoms with Gasteiger partial charge in [0.25, 0.3) is 0 Å². The zero-order chi connectivity index (χ0) is 14.9. The van der Waals surface area contributed by atoms with Crippen molar-refractivity contribution < 1.29 is 14.6 Å². The van der Waals surface area contributed by atoms with Crippen molar-refractivity contribution in [2.45, 2.75) is 32.7 Å². The van der Waals surface area contributed by atoms with E-state index >= 15 is 0 Å². The molecule has 1 aromatic heterocycles. The number of hydrogen-bond acceptors (Lipinski definition) is 4. The van der Waals surface area contributed by atoms with Gasteiger partial charge in [-0.2, -0.15) is 5.10 Å². The predicted octanol–water partition coefficient (Wildman–Crippen LogP) is 1.68. The number of methoxy groups -OCH3 is 1. The number of aryl methyl sites for hydroxylation is 2. The summed E-state index contributed by atoms with van der Waals surface area (Å²) in [5, 5.41) is 13.7.